The Hall–Kier alpha value is -1.17. The van der Waals surface area contributed by atoms with Crippen molar-refractivity contribution in [1.29, 1.82) is 0 Å². The molecule has 0 heterocycles. The SMILES string of the molecule is O=C(O)c1ccc(COCc2ccccc2Br)c(Br)c1. The van der Waals surface area contributed by atoms with Gasteiger partial charge >= 0.3 is 5.97 Å². The highest BCUT2D eigenvalue weighted by Gasteiger charge is 2.07. The Kier molecular flexibility index (Phi) is 5.34. The second-order valence-corrected chi connectivity index (χ2v) is 5.90. The molecule has 0 fully saturated rings. The molecule has 104 valence electrons. The van der Waals surface area contributed by atoms with Crippen LogP contribution in [0, 0.1) is 0 Å². The molecule has 0 bridgehead atoms. The summed E-state index contributed by atoms with van der Waals surface area (Å²) in [6.07, 6.45) is 0. The standard InChI is InChI=1S/C15H12Br2O3/c16-13-4-2-1-3-11(13)8-20-9-12-6-5-10(15(18)19)7-14(12)17/h1-7H,8-9H2,(H,18,19). The number of ether oxygens (including phenoxy) is 1. The van der Waals surface area contributed by atoms with Crippen molar-refractivity contribution in [2.75, 3.05) is 0 Å². The third-order valence-corrected chi connectivity index (χ3v) is 4.28. The monoisotopic (exact) mass is 398 g/mol. The van der Waals surface area contributed by atoms with E-state index in [-0.39, 0.29) is 5.56 Å². The van der Waals surface area contributed by atoms with E-state index in [0.29, 0.717) is 13.2 Å². The van der Waals surface area contributed by atoms with E-state index < -0.39 is 5.97 Å². The van der Waals surface area contributed by atoms with E-state index in [4.69, 9.17) is 9.84 Å². The fourth-order valence-electron chi connectivity index (χ4n) is 1.68. The lowest BCUT2D eigenvalue weighted by Gasteiger charge is -2.08. The van der Waals surface area contributed by atoms with Crippen molar-refractivity contribution in [3.8, 4) is 0 Å². The van der Waals surface area contributed by atoms with Gasteiger partial charge in [0.2, 0.25) is 0 Å². The zero-order valence-electron chi connectivity index (χ0n) is 10.5. The fourth-order valence-corrected chi connectivity index (χ4v) is 2.58. The number of halogens is 2. The van der Waals surface area contributed by atoms with Crippen LogP contribution in [-0.4, -0.2) is 11.1 Å². The number of benzene rings is 2. The highest BCUT2D eigenvalue weighted by Crippen LogP contribution is 2.21. The summed E-state index contributed by atoms with van der Waals surface area (Å²) >= 11 is 6.83. The molecule has 3 nitrogen and oxygen atoms in total. The molecule has 0 amide bonds. The molecule has 0 aliphatic carbocycles. The van der Waals surface area contributed by atoms with Crippen LogP contribution in [0.4, 0.5) is 0 Å². The molecular formula is C15H12Br2O3. The molecule has 2 aromatic rings. The van der Waals surface area contributed by atoms with Gasteiger partial charge in [0, 0.05) is 8.95 Å². The van der Waals surface area contributed by atoms with Crippen LogP contribution in [-0.2, 0) is 18.0 Å². The third-order valence-electron chi connectivity index (χ3n) is 2.77. The molecule has 0 aliphatic rings. The first-order valence-corrected chi connectivity index (χ1v) is 7.49. The summed E-state index contributed by atoms with van der Waals surface area (Å²) < 4.78 is 7.41. The Labute approximate surface area is 133 Å². The molecule has 0 spiro atoms. The number of carboxylic acids is 1. The molecule has 0 radical (unpaired) electrons. The molecule has 2 aromatic carbocycles. The van der Waals surface area contributed by atoms with Crippen LogP contribution in [0.1, 0.15) is 21.5 Å². The van der Waals surface area contributed by atoms with Gasteiger partial charge in [-0.1, -0.05) is 56.1 Å². The normalized spacial score (nSPS) is 10.5. The van der Waals surface area contributed by atoms with Crippen LogP contribution < -0.4 is 0 Å². The molecule has 0 saturated carbocycles. The predicted molar refractivity (Wildman–Crippen MR) is 83.7 cm³/mol. The van der Waals surface area contributed by atoms with E-state index in [9.17, 15) is 4.79 Å². The Balaban J connectivity index is 1.98. The van der Waals surface area contributed by atoms with Crippen molar-refractivity contribution in [2.45, 2.75) is 13.2 Å². The molecule has 2 rings (SSSR count). The zero-order valence-corrected chi connectivity index (χ0v) is 13.6. The molecule has 0 unspecified atom stereocenters. The number of carbonyl (C=O) groups is 1. The van der Waals surface area contributed by atoms with Gasteiger partial charge in [-0.3, -0.25) is 0 Å². The maximum atomic E-state index is 10.8. The third kappa shape index (κ3) is 3.91. The van der Waals surface area contributed by atoms with Crippen molar-refractivity contribution in [3.05, 3.63) is 68.1 Å². The van der Waals surface area contributed by atoms with Gasteiger partial charge in [0.15, 0.2) is 0 Å². The molecular weight excluding hydrogens is 388 g/mol. The van der Waals surface area contributed by atoms with Crippen molar-refractivity contribution in [3.63, 3.8) is 0 Å². The van der Waals surface area contributed by atoms with Crippen LogP contribution in [0.15, 0.2) is 51.4 Å². The molecule has 0 atom stereocenters. The first kappa shape index (κ1) is 15.2. The Morgan fingerprint density at radius 3 is 2.25 bits per heavy atom. The maximum Gasteiger partial charge on any atom is 0.335 e. The summed E-state index contributed by atoms with van der Waals surface area (Å²) in [6, 6.07) is 12.8. The Morgan fingerprint density at radius 1 is 1.00 bits per heavy atom. The molecule has 20 heavy (non-hydrogen) atoms. The van der Waals surface area contributed by atoms with Crippen LogP contribution in [0.5, 0.6) is 0 Å². The number of aromatic carboxylic acids is 1. The predicted octanol–water partition coefficient (Wildman–Crippen LogP) is 4.63. The van der Waals surface area contributed by atoms with Gasteiger partial charge in [-0.2, -0.15) is 0 Å². The quantitative estimate of drug-likeness (QED) is 0.797. The average Bonchev–Trinajstić information content (AvgIpc) is 2.42. The summed E-state index contributed by atoms with van der Waals surface area (Å²) in [4.78, 5) is 10.8. The van der Waals surface area contributed by atoms with Crippen LogP contribution >= 0.6 is 31.9 Å². The lowest BCUT2D eigenvalue weighted by Crippen LogP contribution is -1.99. The Bertz CT molecular complexity index is 626. The minimum Gasteiger partial charge on any atom is -0.478 e. The molecule has 0 aromatic heterocycles. The fraction of sp³-hybridized carbons (Fsp3) is 0.133. The summed E-state index contributed by atoms with van der Waals surface area (Å²) in [6.45, 7) is 0.913. The maximum absolute atomic E-state index is 10.8. The smallest absolute Gasteiger partial charge is 0.335 e. The topological polar surface area (TPSA) is 46.5 Å². The van der Waals surface area contributed by atoms with Crippen molar-refractivity contribution in [1.82, 2.24) is 0 Å². The van der Waals surface area contributed by atoms with E-state index in [1.165, 1.54) is 0 Å². The van der Waals surface area contributed by atoms with E-state index in [2.05, 4.69) is 31.9 Å². The summed E-state index contributed by atoms with van der Waals surface area (Å²) in [5.74, 6) is -0.939. The van der Waals surface area contributed by atoms with Gasteiger partial charge in [-0.25, -0.2) is 4.79 Å². The summed E-state index contributed by atoms with van der Waals surface area (Å²) in [7, 11) is 0. The summed E-state index contributed by atoms with van der Waals surface area (Å²) in [5.41, 5.74) is 2.25. The van der Waals surface area contributed by atoms with Crippen LogP contribution in [0.2, 0.25) is 0 Å². The van der Waals surface area contributed by atoms with Crippen molar-refractivity contribution >= 4 is 37.8 Å². The van der Waals surface area contributed by atoms with Gasteiger partial charge in [-0.15, -0.1) is 0 Å². The van der Waals surface area contributed by atoms with Gasteiger partial charge < -0.3 is 9.84 Å². The van der Waals surface area contributed by atoms with Crippen LogP contribution in [0.3, 0.4) is 0 Å². The number of hydrogen-bond donors (Lipinski definition) is 1. The highest BCUT2D eigenvalue weighted by molar-refractivity contribution is 9.10. The van der Waals surface area contributed by atoms with Crippen molar-refractivity contribution in [2.24, 2.45) is 0 Å². The van der Waals surface area contributed by atoms with E-state index in [0.717, 1.165) is 20.1 Å². The molecule has 0 saturated heterocycles. The average molecular weight is 400 g/mol. The Morgan fingerprint density at radius 2 is 1.65 bits per heavy atom. The molecule has 5 heteroatoms. The first-order valence-electron chi connectivity index (χ1n) is 5.91. The lowest BCUT2D eigenvalue weighted by atomic mass is 10.1. The largest absolute Gasteiger partial charge is 0.478 e. The second kappa shape index (κ2) is 7.02. The van der Waals surface area contributed by atoms with Gasteiger partial charge in [0.25, 0.3) is 0 Å². The molecule has 1 N–H and O–H groups in total. The van der Waals surface area contributed by atoms with Gasteiger partial charge in [0.05, 0.1) is 18.8 Å². The van der Waals surface area contributed by atoms with E-state index in [1.807, 2.05) is 24.3 Å². The minimum absolute atomic E-state index is 0.256. The highest BCUT2D eigenvalue weighted by atomic mass is 79.9. The summed E-state index contributed by atoms with van der Waals surface area (Å²) in [5, 5.41) is 8.90. The first-order chi connectivity index (χ1) is 9.58. The van der Waals surface area contributed by atoms with Gasteiger partial charge in [-0.05, 0) is 29.3 Å². The van der Waals surface area contributed by atoms with Gasteiger partial charge in [0.1, 0.15) is 0 Å². The molecule has 0 aliphatic heterocycles. The minimum atomic E-state index is -0.939. The van der Waals surface area contributed by atoms with E-state index in [1.54, 1.807) is 18.2 Å². The second-order valence-electron chi connectivity index (χ2n) is 4.20. The number of rotatable bonds is 5. The number of carboxylic acid groups (broad SMARTS) is 1. The van der Waals surface area contributed by atoms with Crippen molar-refractivity contribution < 1.29 is 14.6 Å². The van der Waals surface area contributed by atoms with Crippen LogP contribution in [0.25, 0.3) is 0 Å². The zero-order chi connectivity index (χ0) is 14.5. The number of hydrogen-bond acceptors (Lipinski definition) is 2. The van der Waals surface area contributed by atoms with E-state index >= 15 is 0 Å². The lowest BCUT2D eigenvalue weighted by molar-refractivity contribution is 0.0696.